The van der Waals surface area contributed by atoms with E-state index in [-0.39, 0.29) is 0 Å². The van der Waals surface area contributed by atoms with E-state index >= 15 is 0 Å². The normalized spacial score (nSPS) is 8.91. The highest BCUT2D eigenvalue weighted by molar-refractivity contribution is 6.30. The average molecular weight is 170 g/mol. The largest absolute Gasteiger partial charge is 0.436 e. The molecule has 11 heavy (non-hydrogen) atoms. The van der Waals surface area contributed by atoms with Crippen LogP contribution in [0.2, 0.25) is 5.02 Å². The second-order valence-corrected chi connectivity index (χ2v) is 2.38. The van der Waals surface area contributed by atoms with E-state index in [4.69, 9.17) is 16.3 Å². The first kappa shape index (κ1) is 7.99. The highest BCUT2D eigenvalue weighted by atomic mass is 35.5. The minimum absolute atomic E-state index is 0.347. The molecule has 0 aromatic heterocycles. The van der Waals surface area contributed by atoms with Gasteiger partial charge in [0.15, 0.2) is 0 Å². The first-order valence-electron chi connectivity index (χ1n) is 2.99. The van der Waals surface area contributed by atoms with Gasteiger partial charge >= 0.3 is 6.29 Å². The number of hydrogen-bond donors (Lipinski definition) is 0. The van der Waals surface area contributed by atoms with Gasteiger partial charge in [0.25, 0.3) is 5.56 Å². The zero-order chi connectivity index (χ0) is 8.27. The van der Waals surface area contributed by atoms with Crippen LogP contribution >= 0.6 is 11.6 Å². The molecule has 0 heterocycles. The van der Waals surface area contributed by atoms with Crippen LogP contribution in [0.3, 0.4) is 0 Å². The number of halogens is 1. The van der Waals surface area contributed by atoms with Crippen molar-refractivity contribution in [3.05, 3.63) is 28.8 Å². The Bertz CT molecular complexity index is 271. The van der Waals surface area contributed by atoms with Crippen molar-refractivity contribution in [2.75, 3.05) is 7.11 Å². The fraction of sp³-hybridized carbons (Fsp3) is 0.125. The van der Waals surface area contributed by atoms with Crippen LogP contribution < -0.4 is 4.74 Å². The molecule has 0 N–H and O–H groups in total. The van der Waals surface area contributed by atoms with Crippen molar-refractivity contribution in [2.45, 2.75) is 0 Å². The Kier molecular flexibility index (Phi) is 2.42. The summed E-state index contributed by atoms with van der Waals surface area (Å²) < 4.78 is 4.87. The second-order valence-electron chi connectivity index (χ2n) is 1.95. The molecule has 0 aliphatic carbocycles. The van der Waals surface area contributed by atoms with E-state index < -0.39 is 0 Å². The molecule has 0 unspecified atom stereocenters. The first-order valence-corrected chi connectivity index (χ1v) is 3.37. The summed E-state index contributed by atoms with van der Waals surface area (Å²) in [4.78, 5) is 10.3. The van der Waals surface area contributed by atoms with Crippen LogP contribution in [0.25, 0.3) is 0 Å². The monoisotopic (exact) mass is 169 g/mol. The van der Waals surface area contributed by atoms with E-state index in [1.54, 1.807) is 18.4 Å². The van der Waals surface area contributed by atoms with Crippen LogP contribution in [0.15, 0.2) is 18.2 Å². The Morgan fingerprint density at radius 2 is 2.27 bits per heavy atom. The number of hydrogen-bond acceptors (Lipinski definition) is 2. The number of ether oxygens (including phenoxy) is 1. The lowest BCUT2D eigenvalue weighted by Gasteiger charge is -1.91. The minimum Gasteiger partial charge on any atom is -0.436 e. The van der Waals surface area contributed by atoms with Gasteiger partial charge < -0.3 is 4.74 Å². The van der Waals surface area contributed by atoms with Crippen LogP contribution in [-0.2, 0) is 4.79 Å². The Hall–Kier alpha value is -1.11. The number of rotatable bonds is 2. The van der Waals surface area contributed by atoms with Crippen molar-refractivity contribution in [1.29, 1.82) is 0 Å². The molecule has 1 aromatic rings. The quantitative estimate of drug-likeness (QED) is 0.632. The number of benzene rings is 1. The lowest BCUT2D eigenvalue weighted by molar-refractivity contribution is 0.413. The van der Waals surface area contributed by atoms with Crippen LogP contribution in [-0.4, -0.2) is 13.4 Å². The predicted molar refractivity (Wildman–Crippen MR) is 42.8 cm³/mol. The molecular formula is C8H6ClO2+. The van der Waals surface area contributed by atoms with Crippen LogP contribution in [0.4, 0.5) is 0 Å². The molecular weight excluding hydrogens is 164 g/mol. The predicted octanol–water partition coefficient (Wildman–Crippen LogP) is 1.81. The highest BCUT2D eigenvalue weighted by Crippen LogP contribution is 2.20. The molecule has 1 rings (SSSR count). The smallest absolute Gasteiger partial charge is 0.307 e. The summed E-state index contributed by atoms with van der Waals surface area (Å²) in [7, 11) is 1.49. The summed E-state index contributed by atoms with van der Waals surface area (Å²) in [5, 5.41) is 0.504. The van der Waals surface area contributed by atoms with Gasteiger partial charge in [0, 0.05) is 6.07 Å². The van der Waals surface area contributed by atoms with Gasteiger partial charge in [0.1, 0.15) is 0 Å². The van der Waals surface area contributed by atoms with Crippen LogP contribution in [0.5, 0.6) is 5.75 Å². The molecule has 0 aliphatic heterocycles. The Labute approximate surface area is 69.7 Å². The maximum atomic E-state index is 10.3. The minimum atomic E-state index is 0.347. The second kappa shape index (κ2) is 3.33. The lowest BCUT2D eigenvalue weighted by atomic mass is 10.2. The third kappa shape index (κ3) is 1.67. The zero-order valence-corrected chi connectivity index (χ0v) is 6.68. The van der Waals surface area contributed by atoms with Gasteiger partial charge in [-0.25, -0.2) is 0 Å². The summed E-state index contributed by atoms with van der Waals surface area (Å²) >= 11 is 5.62. The molecule has 0 radical (unpaired) electrons. The van der Waals surface area contributed by atoms with Gasteiger partial charge in [-0.1, -0.05) is 11.6 Å². The molecule has 3 heteroatoms. The van der Waals surface area contributed by atoms with Crippen molar-refractivity contribution >= 4 is 17.9 Å². The molecule has 0 saturated carbocycles. The van der Waals surface area contributed by atoms with Gasteiger partial charge in [-0.3, -0.25) is 0 Å². The standard InChI is InChI=1S/C8H6ClO2/c1-11-8-3-2-7(9)4-6(8)5-10/h2-4H,1H3/q+1. The summed E-state index contributed by atoms with van der Waals surface area (Å²) in [6.07, 6.45) is 1.73. The number of methoxy groups -OCH3 is 1. The van der Waals surface area contributed by atoms with E-state index in [1.165, 1.54) is 13.2 Å². The Morgan fingerprint density at radius 1 is 1.55 bits per heavy atom. The third-order valence-electron chi connectivity index (χ3n) is 1.27. The van der Waals surface area contributed by atoms with E-state index in [2.05, 4.69) is 0 Å². The van der Waals surface area contributed by atoms with Gasteiger partial charge in [-0.2, -0.15) is 0 Å². The van der Waals surface area contributed by atoms with E-state index in [0.717, 1.165) is 0 Å². The molecule has 0 aliphatic rings. The van der Waals surface area contributed by atoms with Crippen LogP contribution in [0.1, 0.15) is 5.56 Å². The molecule has 56 valence electrons. The maximum Gasteiger partial charge on any atom is 0.307 e. The molecule has 0 amide bonds. The van der Waals surface area contributed by atoms with Crippen molar-refractivity contribution in [2.24, 2.45) is 0 Å². The molecule has 1 aromatic carbocycles. The van der Waals surface area contributed by atoms with Crippen LogP contribution in [0, 0.1) is 0 Å². The average Bonchev–Trinajstić information content (AvgIpc) is 2.04. The molecule has 2 nitrogen and oxygen atoms in total. The number of carbonyl (C=O) groups excluding carboxylic acids is 1. The highest BCUT2D eigenvalue weighted by Gasteiger charge is 2.13. The SMILES string of the molecule is COc1ccc(Cl)cc1[C+]=O. The Balaban J connectivity index is 3.16. The summed E-state index contributed by atoms with van der Waals surface area (Å²) in [5.41, 5.74) is 0.347. The van der Waals surface area contributed by atoms with Gasteiger partial charge in [-0.05, 0) is 6.07 Å². The zero-order valence-electron chi connectivity index (χ0n) is 5.93. The summed E-state index contributed by atoms with van der Waals surface area (Å²) in [5.74, 6) is 0.490. The van der Waals surface area contributed by atoms with Crippen molar-refractivity contribution < 1.29 is 9.53 Å². The lowest BCUT2D eigenvalue weighted by Crippen LogP contribution is -1.89. The molecule has 0 spiro atoms. The molecule has 0 bridgehead atoms. The summed E-state index contributed by atoms with van der Waals surface area (Å²) in [6.45, 7) is 0. The topological polar surface area (TPSA) is 26.3 Å². The first-order chi connectivity index (χ1) is 5.27. The van der Waals surface area contributed by atoms with Gasteiger partial charge in [0.2, 0.25) is 5.75 Å². The molecule has 0 fully saturated rings. The summed E-state index contributed by atoms with van der Waals surface area (Å²) in [6, 6.07) is 4.79. The third-order valence-corrected chi connectivity index (χ3v) is 1.51. The van der Waals surface area contributed by atoms with E-state index in [9.17, 15) is 4.79 Å². The van der Waals surface area contributed by atoms with Gasteiger partial charge in [-0.15, -0.1) is 4.79 Å². The van der Waals surface area contributed by atoms with Crippen molar-refractivity contribution in [3.8, 4) is 5.75 Å². The van der Waals surface area contributed by atoms with Crippen molar-refractivity contribution in [3.63, 3.8) is 0 Å². The maximum absolute atomic E-state index is 10.3. The fourth-order valence-corrected chi connectivity index (χ4v) is 0.932. The molecule has 0 saturated heterocycles. The van der Waals surface area contributed by atoms with E-state index in [1.807, 2.05) is 0 Å². The Morgan fingerprint density at radius 3 is 2.82 bits per heavy atom. The van der Waals surface area contributed by atoms with E-state index in [0.29, 0.717) is 16.3 Å². The molecule has 0 atom stereocenters. The van der Waals surface area contributed by atoms with Crippen molar-refractivity contribution in [1.82, 2.24) is 0 Å². The van der Waals surface area contributed by atoms with Gasteiger partial charge in [0.05, 0.1) is 18.2 Å². The fourth-order valence-electron chi connectivity index (χ4n) is 0.760.